The monoisotopic (exact) mass is 493 g/mol. The third kappa shape index (κ3) is 5.90. The van der Waals surface area contributed by atoms with Gasteiger partial charge in [-0.15, -0.1) is 10.2 Å². The van der Waals surface area contributed by atoms with Crippen molar-refractivity contribution < 1.29 is 32.3 Å². The number of amides is 1. The highest BCUT2D eigenvalue weighted by Gasteiger charge is 2.21. The summed E-state index contributed by atoms with van der Waals surface area (Å²) >= 11 is 0. The molecule has 1 aromatic heterocycles. The number of alkyl halides is 2. The zero-order chi connectivity index (χ0) is 25.7. The lowest BCUT2D eigenvalue weighted by atomic mass is 10.1. The van der Waals surface area contributed by atoms with Gasteiger partial charge in [-0.2, -0.15) is 8.78 Å². The van der Waals surface area contributed by atoms with Crippen molar-refractivity contribution in [3.8, 4) is 28.7 Å². The van der Waals surface area contributed by atoms with Crippen LogP contribution in [-0.4, -0.2) is 34.8 Å². The molecule has 8 nitrogen and oxygen atoms in total. The van der Waals surface area contributed by atoms with Crippen molar-refractivity contribution >= 4 is 17.6 Å². The molecule has 184 valence electrons. The number of para-hydroxylation sites is 2. The van der Waals surface area contributed by atoms with Crippen molar-refractivity contribution in [3.63, 3.8) is 0 Å². The number of rotatable bonds is 8. The number of nitrogens with zero attached hydrogens (tertiary/aromatic N) is 2. The van der Waals surface area contributed by atoms with Gasteiger partial charge in [0, 0.05) is 11.1 Å². The Labute approximate surface area is 204 Å². The molecule has 0 aliphatic rings. The van der Waals surface area contributed by atoms with Crippen LogP contribution in [0.4, 0.5) is 14.5 Å². The van der Waals surface area contributed by atoms with Crippen LogP contribution in [0.5, 0.6) is 5.75 Å². The van der Waals surface area contributed by atoms with Gasteiger partial charge in [-0.25, -0.2) is 4.79 Å². The quantitative estimate of drug-likeness (QED) is 0.323. The highest BCUT2D eigenvalue weighted by Crippen LogP contribution is 2.26. The molecule has 0 aliphatic carbocycles. The molecule has 10 heteroatoms. The maximum absolute atomic E-state index is 12.6. The maximum atomic E-state index is 12.6. The van der Waals surface area contributed by atoms with Gasteiger partial charge in [0.05, 0.1) is 11.3 Å². The fourth-order valence-corrected chi connectivity index (χ4v) is 3.19. The highest BCUT2D eigenvalue weighted by atomic mass is 19.3. The lowest BCUT2D eigenvalue weighted by Gasteiger charge is -2.15. The molecular formula is C26H21F2N3O5. The molecular weight excluding hydrogens is 472 g/mol. The first-order chi connectivity index (χ1) is 17.3. The number of aromatic nitrogens is 2. The van der Waals surface area contributed by atoms with Crippen molar-refractivity contribution in [3.05, 3.63) is 83.9 Å². The standard InChI is InChI=1S/C26H21F2N3O5/c1-15-7-9-17(10-8-15)23-30-31-24(36-23)18-11-13-19(14-12-18)25(33)34-16(2)22(32)29-20-5-3-4-6-21(20)35-26(27)28/h3-14,16,26H,1-2H3,(H,29,32). The van der Waals surface area contributed by atoms with E-state index in [1.807, 2.05) is 31.2 Å². The average molecular weight is 493 g/mol. The fraction of sp³-hybridized carbons (Fsp3) is 0.154. The van der Waals surface area contributed by atoms with Crippen LogP contribution in [0.25, 0.3) is 22.9 Å². The number of esters is 1. The van der Waals surface area contributed by atoms with E-state index >= 15 is 0 Å². The van der Waals surface area contributed by atoms with E-state index in [0.29, 0.717) is 11.5 Å². The van der Waals surface area contributed by atoms with Crippen LogP contribution in [-0.2, 0) is 9.53 Å². The van der Waals surface area contributed by atoms with Gasteiger partial charge in [0.1, 0.15) is 5.75 Å². The lowest BCUT2D eigenvalue weighted by Crippen LogP contribution is -2.30. The van der Waals surface area contributed by atoms with Gasteiger partial charge in [-0.1, -0.05) is 29.8 Å². The third-order valence-corrected chi connectivity index (χ3v) is 5.11. The first-order valence-electron chi connectivity index (χ1n) is 10.9. The molecule has 1 heterocycles. The first-order valence-corrected chi connectivity index (χ1v) is 10.9. The second-order valence-corrected chi connectivity index (χ2v) is 7.77. The first kappa shape index (κ1) is 24.5. The molecule has 36 heavy (non-hydrogen) atoms. The topological polar surface area (TPSA) is 104 Å². The second-order valence-electron chi connectivity index (χ2n) is 7.77. The summed E-state index contributed by atoms with van der Waals surface area (Å²) in [6, 6.07) is 19.6. The summed E-state index contributed by atoms with van der Waals surface area (Å²) < 4.78 is 40.5. The van der Waals surface area contributed by atoms with Crippen molar-refractivity contribution in [2.45, 2.75) is 26.6 Å². The predicted molar refractivity (Wildman–Crippen MR) is 126 cm³/mol. The smallest absolute Gasteiger partial charge is 0.387 e. The van der Waals surface area contributed by atoms with Crippen LogP contribution >= 0.6 is 0 Å². The molecule has 1 N–H and O–H groups in total. The van der Waals surface area contributed by atoms with E-state index in [9.17, 15) is 18.4 Å². The van der Waals surface area contributed by atoms with Gasteiger partial charge in [0.15, 0.2) is 6.10 Å². The third-order valence-electron chi connectivity index (χ3n) is 5.11. The average Bonchev–Trinajstić information content (AvgIpc) is 3.36. The highest BCUT2D eigenvalue weighted by molar-refractivity contribution is 5.98. The number of hydrogen-bond acceptors (Lipinski definition) is 7. The number of carbonyl (C=O) groups is 2. The Kier molecular flexibility index (Phi) is 7.33. The molecule has 0 saturated heterocycles. The zero-order valence-electron chi connectivity index (χ0n) is 19.3. The zero-order valence-corrected chi connectivity index (χ0v) is 19.3. The van der Waals surface area contributed by atoms with Crippen LogP contribution in [0.1, 0.15) is 22.8 Å². The molecule has 1 unspecified atom stereocenters. The van der Waals surface area contributed by atoms with Crippen molar-refractivity contribution in [1.29, 1.82) is 0 Å². The molecule has 0 saturated carbocycles. The molecule has 3 aromatic carbocycles. The van der Waals surface area contributed by atoms with Crippen LogP contribution in [0.15, 0.2) is 77.2 Å². The van der Waals surface area contributed by atoms with Gasteiger partial charge in [-0.3, -0.25) is 4.79 Å². The Balaban J connectivity index is 1.38. The Morgan fingerprint density at radius 2 is 1.47 bits per heavy atom. The largest absolute Gasteiger partial charge is 0.449 e. The van der Waals surface area contributed by atoms with Crippen molar-refractivity contribution in [2.24, 2.45) is 0 Å². The van der Waals surface area contributed by atoms with Crippen LogP contribution in [0, 0.1) is 6.92 Å². The van der Waals surface area contributed by atoms with Gasteiger partial charge in [0.2, 0.25) is 11.8 Å². The van der Waals surface area contributed by atoms with Gasteiger partial charge in [0.25, 0.3) is 5.91 Å². The number of nitrogens with one attached hydrogen (secondary N) is 1. The molecule has 4 rings (SSSR count). The Morgan fingerprint density at radius 1 is 0.889 bits per heavy atom. The van der Waals surface area contributed by atoms with Crippen molar-refractivity contribution in [1.82, 2.24) is 10.2 Å². The summed E-state index contributed by atoms with van der Waals surface area (Å²) in [5.41, 5.74) is 2.71. The summed E-state index contributed by atoms with van der Waals surface area (Å²) in [4.78, 5) is 24.9. The molecule has 1 amide bonds. The number of hydrogen-bond donors (Lipinski definition) is 1. The minimum atomic E-state index is -3.05. The summed E-state index contributed by atoms with van der Waals surface area (Å²) in [7, 11) is 0. The predicted octanol–water partition coefficient (Wildman–Crippen LogP) is 5.50. The minimum absolute atomic E-state index is 0.0274. The molecule has 1 atom stereocenters. The van der Waals surface area contributed by atoms with Crippen molar-refractivity contribution in [2.75, 3.05) is 5.32 Å². The van der Waals surface area contributed by atoms with E-state index in [2.05, 4.69) is 20.3 Å². The molecule has 0 aliphatic heterocycles. The number of aryl methyl sites for hydroxylation is 1. The summed E-state index contributed by atoms with van der Waals surface area (Å²) in [5.74, 6) is -1.01. The Hall–Kier alpha value is -4.60. The molecule has 0 fully saturated rings. The van der Waals surface area contributed by atoms with E-state index in [1.165, 1.54) is 37.3 Å². The number of carbonyl (C=O) groups excluding carboxylic acids is 2. The van der Waals surface area contributed by atoms with Gasteiger partial charge in [-0.05, 0) is 62.4 Å². The van der Waals surface area contributed by atoms with E-state index < -0.39 is 24.6 Å². The normalized spacial score (nSPS) is 11.7. The van der Waals surface area contributed by atoms with E-state index in [4.69, 9.17) is 9.15 Å². The number of halogens is 2. The van der Waals surface area contributed by atoms with E-state index in [-0.39, 0.29) is 22.9 Å². The molecule has 0 radical (unpaired) electrons. The van der Waals surface area contributed by atoms with Crippen LogP contribution < -0.4 is 10.1 Å². The summed E-state index contributed by atoms with van der Waals surface area (Å²) in [6.45, 7) is 0.291. The number of anilines is 1. The SMILES string of the molecule is Cc1ccc(-c2nnc(-c3ccc(C(=O)OC(C)C(=O)Nc4ccccc4OC(F)F)cc3)o2)cc1. The summed E-state index contributed by atoms with van der Waals surface area (Å²) in [6.07, 6.45) is -1.20. The number of ether oxygens (including phenoxy) is 2. The molecule has 0 spiro atoms. The second kappa shape index (κ2) is 10.8. The molecule has 0 bridgehead atoms. The minimum Gasteiger partial charge on any atom is -0.449 e. The van der Waals surface area contributed by atoms with E-state index in [0.717, 1.165) is 11.1 Å². The van der Waals surface area contributed by atoms with E-state index in [1.54, 1.807) is 18.2 Å². The molecule has 4 aromatic rings. The fourth-order valence-electron chi connectivity index (χ4n) is 3.19. The number of benzene rings is 3. The van der Waals surface area contributed by atoms with Crippen LogP contribution in [0.2, 0.25) is 0 Å². The Bertz CT molecular complexity index is 1350. The van der Waals surface area contributed by atoms with Gasteiger partial charge >= 0.3 is 12.6 Å². The Morgan fingerprint density at radius 3 is 2.08 bits per heavy atom. The maximum Gasteiger partial charge on any atom is 0.387 e. The van der Waals surface area contributed by atoms with Gasteiger partial charge < -0.3 is 19.2 Å². The van der Waals surface area contributed by atoms with Crippen LogP contribution in [0.3, 0.4) is 0 Å². The summed E-state index contributed by atoms with van der Waals surface area (Å²) in [5, 5.41) is 10.5. The lowest BCUT2D eigenvalue weighted by molar-refractivity contribution is -0.123.